The third-order valence-corrected chi connectivity index (χ3v) is 5.23. The van der Waals surface area contributed by atoms with Gasteiger partial charge in [0.15, 0.2) is 0 Å². The van der Waals surface area contributed by atoms with Crippen molar-refractivity contribution in [1.29, 1.82) is 0 Å². The van der Waals surface area contributed by atoms with Gasteiger partial charge in [-0.3, -0.25) is 0 Å². The van der Waals surface area contributed by atoms with E-state index in [0.29, 0.717) is 0 Å². The van der Waals surface area contributed by atoms with Crippen LogP contribution in [0.25, 0.3) is 0 Å². The van der Waals surface area contributed by atoms with Crippen LogP contribution in [0.4, 0.5) is 0 Å². The Kier molecular flexibility index (Phi) is 3.07. The zero-order valence-electron chi connectivity index (χ0n) is 10.2. The van der Waals surface area contributed by atoms with E-state index in [2.05, 4.69) is 34.1 Å². The lowest BCUT2D eigenvalue weighted by molar-refractivity contribution is -0.112. The van der Waals surface area contributed by atoms with Crippen molar-refractivity contribution < 1.29 is 9.90 Å². The third kappa shape index (κ3) is 1.84. The van der Waals surface area contributed by atoms with Gasteiger partial charge in [0.25, 0.3) is 0 Å². The van der Waals surface area contributed by atoms with Crippen molar-refractivity contribution in [1.82, 2.24) is 0 Å². The molecule has 0 heterocycles. The van der Waals surface area contributed by atoms with Crippen molar-refractivity contribution in [2.24, 2.45) is 5.41 Å². The number of aliphatic hydroxyl groups excluding tert-OH is 1. The van der Waals surface area contributed by atoms with Gasteiger partial charge in [0.2, 0.25) is 0 Å². The van der Waals surface area contributed by atoms with E-state index in [1.807, 2.05) is 0 Å². The summed E-state index contributed by atoms with van der Waals surface area (Å²) in [5.41, 5.74) is 2.58. The minimum atomic E-state index is -0.168. The summed E-state index contributed by atoms with van der Waals surface area (Å²) >= 11 is 3.49. The van der Waals surface area contributed by atoms with Crippen LogP contribution in [0.1, 0.15) is 42.7 Å². The van der Waals surface area contributed by atoms with Gasteiger partial charge < -0.3 is 9.90 Å². The second kappa shape index (κ2) is 4.46. The standard InChI is InChI=1S/C15H17BrO2/c16-11-2-1-10-8-15(5-3-12(18)4-6-15)14(9-17)13(10)7-11/h1-2,7,9,12,14,18H,3-6,8H2. The second-order valence-corrected chi connectivity index (χ2v) is 6.64. The molecule has 96 valence electrons. The zero-order chi connectivity index (χ0) is 12.8. The number of hydrogen-bond donors (Lipinski definition) is 1. The first-order valence-corrected chi connectivity index (χ1v) is 7.36. The lowest BCUT2D eigenvalue weighted by Gasteiger charge is -2.38. The summed E-state index contributed by atoms with van der Waals surface area (Å²) in [6.45, 7) is 0. The van der Waals surface area contributed by atoms with Crippen LogP contribution in [0.3, 0.4) is 0 Å². The predicted octanol–water partition coefficient (Wildman–Crippen LogP) is 3.21. The van der Waals surface area contributed by atoms with E-state index in [0.717, 1.165) is 42.9 Å². The third-order valence-electron chi connectivity index (χ3n) is 4.73. The number of fused-ring (bicyclic) bond motifs is 1. The van der Waals surface area contributed by atoms with Crippen molar-refractivity contribution >= 4 is 22.2 Å². The second-order valence-electron chi connectivity index (χ2n) is 5.73. The molecule has 0 bridgehead atoms. The molecule has 1 saturated carbocycles. The smallest absolute Gasteiger partial charge is 0.128 e. The molecule has 3 heteroatoms. The Morgan fingerprint density at radius 2 is 2.06 bits per heavy atom. The molecule has 1 aromatic carbocycles. The Morgan fingerprint density at radius 1 is 1.33 bits per heavy atom. The summed E-state index contributed by atoms with van der Waals surface area (Å²) in [5.74, 6) is 0.0116. The molecule has 2 aliphatic rings. The molecule has 0 saturated heterocycles. The van der Waals surface area contributed by atoms with Crippen LogP contribution in [0, 0.1) is 5.41 Å². The maximum Gasteiger partial charge on any atom is 0.128 e. The van der Waals surface area contributed by atoms with Gasteiger partial charge in [0.05, 0.1) is 6.10 Å². The highest BCUT2D eigenvalue weighted by Crippen LogP contribution is 2.54. The molecule has 3 rings (SSSR count). The van der Waals surface area contributed by atoms with Crippen molar-refractivity contribution in [3.05, 3.63) is 33.8 Å². The monoisotopic (exact) mass is 308 g/mol. The van der Waals surface area contributed by atoms with Gasteiger partial charge in [-0.05, 0) is 60.8 Å². The van der Waals surface area contributed by atoms with Gasteiger partial charge in [-0.15, -0.1) is 0 Å². The van der Waals surface area contributed by atoms with Crippen LogP contribution in [0.5, 0.6) is 0 Å². The van der Waals surface area contributed by atoms with Crippen molar-refractivity contribution in [3.63, 3.8) is 0 Å². The highest BCUT2D eigenvalue weighted by atomic mass is 79.9. The van der Waals surface area contributed by atoms with Crippen LogP contribution in [-0.2, 0) is 11.2 Å². The zero-order valence-corrected chi connectivity index (χ0v) is 11.8. The van der Waals surface area contributed by atoms with Gasteiger partial charge in [0.1, 0.15) is 6.29 Å². The minimum absolute atomic E-state index is 0.0116. The summed E-state index contributed by atoms with van der Waals surface area (Å²) in [6, 6.07) is 6.28. The van der Waals surface area contributed by atoms with E-state index < -0.39 is 0 Å². The summed E-state index contributed by atoms with van der Waals surface area (Å²) in [6.07, 6.45) is 5.53. The van der Waals surface area contributed by atoms with Crippen LogP contribution in [0.2, 0.25) is 0 Å². The molecule has 1 N–H and O–H groups in total. The van der Waals surface area contributed by atoms with E-state index in [-0.39, 0.29) is 17.4 Å². The Balaban J connectivity index is 1.98. The molecule has 0 aliphatic heterocycles. The number of carbonyl (C=O) groups excluding carboxylic acids is 1. The number of carbonyl (C=O) groups is 1. The highest BCUT2D eigenvalue weighted by molar-refractivity contribution is 9.10. The van der Waals surface area contributed by atoms with Gasteiger partial charge >= 0.3 is 0 Å². The Labute approximate surface area is 116 Å². The fourth-order valence-corrected chi connectivity index (χ4v) is 4.10. The first kappa shape index (κ1) is 12.4. The molecular formula is C15H17BrO2. The van der Waals surface area contributed by atoms with Crippen LogP contribution in [0.15, 0.2) is 22.7 Å². The fourth-order valence-electron chi connectivity index (χ4n) is 3.72. The summed E-state index contributed by atoms with van der Waals surface area (Å²) < 4.78 is 1.04. The number of hydrogen-bond acceptors (Lipinski definition) is 2. The van der Waals surface area contributed by atoms with E-state index in [1.165, 1.54) is 11.1 Å². The SMILES string of the molecule is O=CC1c2cc(Br)ccc2CC12CCC(O)CC2. The molecule has 0 radical (unpaired) electrons. The lowest BCUT2D eigenvalue weighted by Crippen LogP contribution is -2.33. The predicted molar refractivity (Wildman–Crippen MR) is 73.6 cm³/mol. The molecule has 1 atom stereocenters. The van der Waals surface area contributed by atoms with Crippen molar-refractivity contribution in [2.45, 2.75) is 44.1 Å². The lowest BCUT2D eigenvalue weighted by atomic mass is 9.66. The molecular weight excluding hydrogens is 292 g/mol. The number of halogens is 1. The molecule has 1 fully saturated rings. The van der Waals surface area contributed by atoms with Gasteiger partial charge in [-0.1, -0.05) is 22.0 Å². The first-order chi connectivity index (χ1) is 8.64. The van der Waals surface area contributed by atoms with Gasteiger partial charge in [0, 0.05) is 10.4 Å². The van der Waals surface area contributed by atoms with Crippen LogP contribution in [-0.4, -0.2) is 17.5 Å². The number of benzene rings is 1. The number of aliphatic hydroxyl groups is 1. The molecule has 1 unspecified atom stereocenters. The molecule has 2 nitrogen and oxygen atoms in total. The molecule has 0 amide bonds. The molecule has 1 spiro atoms. The average molecular weight is 309 g/mol. The van der Waals surface area contributed by atoms with Crippen molar-refractivity contribution in [2.75, 3.05) is 0 Å². The maximum absolute atomic E-state index is 11.6. The highest BCUT2D eigenvalue weighted by Gasteiger charge is 2.47. The Hall–Kier alpha value is -0.670. The Morgan fingerprint density at radius 3 is 2.72 bits per heavy atom. The summed E-state index contributed by atoms with van der Waals surface area (Å²) in [5, 5.41) is 9.68. The quantitative estimate of drug-likeness (QED) is 0.809. The summed E-state index contributed by atoms with van der Waals surface area (Å²) in [7, 11) is 0. The largest absolute Gasteiger partial charge is 0.393 e. The topological polar surface area (TPSA) is 37.3 Å². The van der Waals surface area contributed by atoms with E-state index in [4.69, 9.17) is 0 Å². The van der Waals surface area contributed by atoms with E-state index >= 15 is 0 Å². The van der Waals surface area contributed by atoms with Crippen molar-refractivity contribution in [3.8, 4) is 0 Å². The van der Waals surface area contributed by atoms with Gasteiger partial charge in [-0.25, -0.2) is 0 Å². The molecule has 18 heavy (non-hydrogen) atoms. The number of rotatable bonds is 1. The molecule has 2 aliphatic carbocycles. The fraction of sp³-hybridized carbons (Fsp3) is 0.533. The first-order valence-electron chi connectivity index (χ1n) is 6.56. The minimum Gasteiger partial charge on any atom is -0.393 e. The molecule has 1 aromatic rings. The maximum atomic E-state index is 11.6. The summed E-state index contributed by atoms with van der Waals surface area (Å²) in [4.78, 5) is 11.6. The normalized spacial score (nSPS) is 34.6. The molecule has 0 aromatic heterocycles. The van der Waals surface area contributed by atoms with E-state index in [1.54, 1.807) is 0 Å². The Bertz CT molecular complexity index is 475. The van der Waals surface area contributed by atoms with Gasteiger partial charge in [-0.2, -0.15) is 0 Å². The van der Waals surface area contributed by atoms with Crippen LogP contribution < -0.4 is 0 Å². The average Bonchev–Trinajstić information content (AvgIpc) is 2.66. The number of aldehydes is 1. The van der Waals surface area contributed by atoms with Crippen LogP contribution >= 0.6 is 15.9 Å². The van der Waals surface area contributed by atoms with E-state index in [9.17, 15) is 9.90 Å².